The number of carbonyl (C=O) groups excluding carboxylic acids is 4. The minimum absolute atomic E-state index is 0.187. The number of nitrogens with zero attached hydrogens (tertiary/aromatic N) is 1. The largest absolute Gasteiger partial charge is 0.355 e. The first-order chi connectivity index (χ1) is 12.5. The van der Waals surface area contributed by atoms with E-state index in [4.69, 9.17) is 0 Å². The summed E-state index contributed by atoms with van der Waals surface area (Å²) in [6.07, 6.45) is 0. The number of benzene rings is 2. The molecule has 0 fully saturated rings. The summed E-state index contributed by atoms with van der Waals surface area (Å²) in [4.78, 5) is 49.2. The summed E-state index contributed by atoms with van der Waals surface area (Å²) in [5, 5.41) is 5.19. The molecule has 0 aliphatic carbocycles. The summed E-state index contributed by atoms with van der Waals surface area (Å²) < 4.78 is 0. The molecule has 0 atom stereocenters. The van der Waals surface area contributed by atoms with Crippen LogP contribution in [0.3, 0.4) is 0 Å². The first-order valence-corrected chi connectivity index (χ1v) is 8.04. The SMILES string of the molecule is CNC(=O)c1cccc(CNC(=O)CN2C(=O)c3ccccc3C2=O)c1. The van der Waals surface area contributed by atoms with Crippen molar-refractivity contribution in [2.24, 2.45) is 0 Å². The molecule has 0 saturated carbocycles. The fraction of sp³-hybridized carbons (Fsp3) is 0.158. The maximum absolute atomic E-state index is 12.3. The van der Waals surface area contributed by atoms with Crippen LogP contribution < -0.4 is 10.6 Å². The van der Waals surface area contributed by atoms with Gasteiger partial charge in [0.25, 0.3) is 17.7 Å². The van der Waals surface area contributed by atoms with Crippen molar-refractivity contribution >= 4 is 23.6 Å². The lowest BCUT2D eigenvalue weighted by Gasteiger charge is -2.13. The molecule has 0 radical (unpaired) electrons. The van der Waals surface area contributed by atoms with Crippen LogP contribution in [-0.2, 0) is 11.3 Å². The van der Waals surface area contributed by atoms with Crippen molar-refractivity contribution in [2.75, 3.05) is 13.6 Å². The molecule has 2 aromatic rings. The maximum Gasteiger partial charge on any atom is 0.262 e. The van der Waals surface area contributed by atoms with E-state index in [9.17, 15) is 19.2 Å². The van der Waals surface area contributed by atoms with Crippen LogP contribution in [0.25, 0.3) is 0 Å². The summed E-state index contributed by atoms with van der Waals surface area (Å²) in [5.74, 6) is -1.61. The molecule has 1 aliphatic rings. The minimum Gasteiger partial charge on any atom is -0.355 e. The van der Waals surface area contributed by atoms with E-state index in [0.717, 1.165) is 10.5 Å². The number of nitrogens with one attached hydrogen (secondary N) is 2. The minimum atomic E-state index is -0.470. The van der Waals surface area contributed by atoms with Crippen LogP contribution in [0.1, 0.15) is 36.6 Å². The highest BCUT2D eigenvalue weighted by Crippen LogP contribution is 2.21. The van der Waals surface area contributed by atoms with Crippen LogP contribution in [-0.4, -0.2) is 42.1 Å². The molecule has 26 heavy (non-hydrogen) atoms. The third-order valence-electron chi connectivity index (χ3n) is 4.09. The Balaban J connectivity index is 1.61. The Morgan fingerprint density at radius 2 is 1.62 bits per heavy atom. The number of fused-ring (bicyclic) bond motifs is 1. The zero-order valence-electron chi connectivity index (χ0n) is 14.1. The van der Waals surface area contributed by atoms with Crippen molar-refractivity contribution in [3.8, 4) is 0 Å². The van der Waals surface area contributed by atoms with Gasteiger partial charge >= 0.3 is 0 Å². The van der Waals surface area contributed by atoms with Crippen LogP contribution in [0.4, 0.5) is 0 Å². The number of rotatable bonds is 5. The van der Waals surface area contributed by atoms with E-state index in [1.807, 2.05) is 0 Å². The van der Waals surface area contributed by atoms with Crippen molar-refractivity contribution in [3.63, 3.8) is 0 Å². The quantitative estimate of drug-likeness (QED) is 0.785. The standard InChI is InChI=1S/C19H17N3O4/c1-20-17(24)13-6-4-5-12(9-13)10-21-16(23)11-22-18(25)14-7-2-3-8-15(14)19(22)26/h2-9H,10-11H2,1H3,(H,20,24)(H,21,23). The number of imide groups is 1. The molecule has 0 unspecified atom stereocenters. The molecule has 132 valence electrons. The van der Waals surface area contributed by atoms with Gasteiger partial charge in [-0.3, -0.25) is 24.1 Å². The van der Waals surface area contributed by atoms with E-state index in [2.05, 4.69) is 10.6 Å². The van der Waals surface area contributed by atoms with E-state index in [0.29, 0.717) is 16.7 Å². The average molecular weight is 351 g/mol. The fourth-order valence-electron chi connectivity index (χ4n) is 2.75. The van der Waals surface area contributed by atoms with E-state index < -0.39 is 17.7 Å². The molecule has 4 amide bonds. The average Bonchev–Trinajstić information content (AvgIpc) is 2.91. The first-order valence-electron chi connectivity index (χ1n) is 8.04. The van der Waals surface area contributed by atoms with Gasteiger partial charge in [-0.15, -0.1) is 0 Å². The Bertz CT molecular complexity index is 872. The van der Waals surface area contributed by atoms with E-state index >= 15 is 0 Å². The summed E-state index contributed by atoms with van der Waals surface area (Å²) >= 11 is 0. The molecule has 0 spiro atoms. The first kappa shape index (κ1) is 17.3. The molecule has 3 rings (SSSR count). The Morgan fingerprint density at radius 1 is 0.962 bits per heavy atom. The Hall–Kier alpha value is -3.48. The fourth-order valence-corrected chi connectivity index (χ4v) is 2.75. The lowest BCUT2D eigenvalue weighted by Crippen LogP contribution is -2.40. The predicted molar refractivity (Wildman–Crippen MR) is 93.5 cm³/mol. The topological polar surface area (TPSA) is 95.6 Å². The van der Waals surface area contributed by atoms with E-state index in [1.54, 1.807) is 55.6 Å². The molecular weight excluding hydrogens is 334 g/mol. The lowest BCUT2D eigenvalue weighted by molar-refractivity contribution is -0.121. The highest BCUT2D eigenvalue weighted by molar-refractivity contribution is 6.22. The van der Waals surface area contributed by atoms with Crippen molar-refractivity contribution in [1.29, 1.82) is 0 Å². The second kappa shape index (κ2) is 7.18. The van der Waals surface area contributed by atoms with Crippen LogP contribution >= 0.6 is 0 Å². The van der Waals surface area contributed by atoms with Gasteiger partial charge in [-0.05, 0) is 29.8 Å². The smallest absolute Gasteiger partial charge is 0.262 e. The lowest BCUT2D eigenvalue weighted by atomic mass is 10.1. The number of hydrogen-bond acceptors (Lipinski definition) is 4. The molecule has 1 heterocycles. The Morgan fingerprint density at radius 3 is 2.23 bits per heavy atom. The monoisotopic (exact) mass is 351 g/mol. The molecule has 0 saturated heterocycles. The van der Waals surface area contributed by atoms with Crippen molar-refractivity contribution in [1.82, 2.24) is 15.5 Å². The van der Waals surface area contributed by atoms with Gasteiger partial charge in [0.15, 0.2) is 0 Å². The van der Waals surface area contributed by atoms with Gasteiger partial charge in [-0.2, -0.15) is 0 Å². The maximum atomic E-state index is 12.3. The highest BCUT2D eigenvalue weighted by Gasteiger charge is 2.36. The summed E-state index contributed by atoms with van der Waals surface area (Å²) in [6.45, 7) is -0.158. The molecule has 7 nitrogen and oxygen atoms in total. The third kappa shape index (κ3) is 3.32. The van der Waals surface area contributed by atoms with E-state index in [-0.39, 0.29) is 19.0 Å². The molecule has 0 bridgehead atoms. The summed E-state index contributed by atoms with van der Waals surface area (Å²) in [7, 11) is 1.54. The normalized spacial score (nSPS) is 12.7. The Labute approximate surface area is 150 Å². The molecular formula is C19H17N3O4. The second-order valence-corrected chi connectivity index (χ2v) is 5.80. The van der Waals surface area contributed by atoms with Gasteiger partial charge in [-0.25, -0.2) is 0 Å². The van der Waals surface area contributed by atoms with Crippen LogP contribution in [0.2, 0.25) is 0 Å². The van der Waals surface area contributed by atoms with Crippen molar-refractivity contribution in [2.45, 2.75) is 6.54 Å². The zero-order valence-corrected chi connectivity index (χ0v) is 14.1. The van der Waals surface area contributed by atoms with Crippen molar-refractivity contribution < 1.29 is 19.2 Å². The molecule has 1 aliphatic heterocycles. The second-order valence-electron chi connectivity index (χ2n) is 5.80. The van der Waals surface area contributed by atoms with Gasteiger partial charge in [0.05, 0.1) is 11.1 Å². The molecule has 2 N–H and O–H groups in total. The van der Waals surface area contributed by atoms with Gasteiger partial charge in [0, 0.05) is 19.2 Å². The molecule has 7 heteroatoms. The van der Waals surface area contributed by atoms with Gasteiger partial charge in [-0.1, -0.05) is 24.3 Å². The third-order valence-corrected chi connectivity index (χ3v) is 4.09. The summed E-state index contributed by atoms with van der Waals surface area (Å²) in [6, 6.07) is 13.3. The summed E-state index contributed by atoms with van der Waals surface area (Å²) in [5.41, 5.74) is 1.84. The highest BCUT2D eigenvalue weighted by atomic mass is 16.2. The van der Waals surface area contributed by atoms with Gasteiger partial charge in [0.1, 0.15) is 6.54 Å². The number of amides is 4. The zero-order chi connectivity index (χ0) is 18.7. The van der Waals surface area contributed by atoms with Crippen molar-refractivity contribution in [3.05, 3.63) is 70.8 Å². The predicted octanol–water partition coefficient (Wildman–Crippen LogP) is 0.959. The number of carbonyl (C=O) groups is 4. The molecule has 2 aromatic carbocycles. The van der Waals surface area contributed by atoms with Gasteiger partial charge in [0.2, 0.25) is 5.91 Å². The van der Waals surface area contributed by atoms with Crippen LogP contribution in [0, 0.1) is 0 Å². The Kier molecular flexibility index (Phi) is 4.79. The van der Waals surface area contributed by atoms with Crippen LogP contribution in [0.5, 0.6) is 0 Å². The number of hydrogen-bond donors (Lipinski definition) is 2. The van der Waals surface area contributed by atoms with Crippen LogP contribution in [0.15, 0.2) is 48.5 Å². The van der Waals surface area contributed by atoms with E-state index in [1.165, 1.54) is 0 Å². The van der Waals surface area contributed by atoms with Gasteiger partial charge < -0.3 is 10.6 Å². The molecule has 0 aromatic heterocycles.